The van der Waals surface area contributed by atoms with Crippen LogP contribution in [0.3, 0.4) is 0 Å². The number of hydrogen-bond acceptors (Lipinski definition) is 2. The van der Waals surface area contributed by atoms with E-state index in [0.29, 0.717) is 16.3 Å². The van der Waals surface area contributed by atoms with Gasteiger partial charge in [0.15, 0.2) is 0 Å². The maximum absolute atomic E-state index is 11.4. The summed E-state index contributed by atoms with van der Waals surface area (Å²) in [5, 5.41) is 9.80. The second kappa shape index (κ2) is 7.48. The maximum Gasteiger partial charge on any atom is 0.336 e. The SMILES string of the molecule is COc1cccc(/C=C/C=C(/C(=O)O)c2ccccc2)c1Cl. The number of halogens is 1. The normalized spacial score (nSPS) is 11.6. The molecule has 1 N–H and O–H groups in total. The zero-order valence-corrected chi connectivity index (χ0v) is 12.7. The van der Waals surface area contributed by atoms with E-state index in [1.165, 1.54) is 0 Å². The Hall–Kier alpha value is -2.52. The predicted octanol–water partition coefficient (Wildman–Crippen LogP) is 4.53. The largest absolute Gasteiger partial charge is 0.495 e. The molecule has 0 aliphatic rings. The molecule has 112 valence electrons. The van der Waals surface area contributed by atoms with Crippen LogP contribution in [0.25, 0.3) is 11.6 Å². The Bertz CT molecular complexity index is 718. The minimum Gasteiger partial charge on any atom is -0.495 e. The van der Waals surface area contributed by atoms with Crippen LogP contribution in [0.1, 0.15) is 11.1 Å². The van der Waals surface area contributed by atoms with Crippen LogP contribution in [0.2, 0.25) is 5.02 Å². The van der Waals surface area contributed by atoms with E-state index in [2.05, 4.69) is 0 Å². The van der Waals surface area contributed by atoms with Gasteiger partial charge < -0.3 is 9.84 Å². The summed E-state index contributed by atoms with van der Waals surface area (Å²) < 4.78 is 5.15. The summed E-state index contributed by atoms with van der Waals surface area (Å²) >= 11 is 6.19. The van der Waals surface area contributed by atoms with Gasteiger partial charge in [-0.3, -0.25) is 0 Å². The Balaban J connectivity index is 2.31. The van der Waals surface area contributed by atoms with Gasteiger partial charge in [0.1, 0.15) is 5.75 Å². The monoisotopic (exact) mass is 314 g/mol. The summed E-state index contributed by atoms with van der Waals surface area (Å²) in [6.45, 7) is 0. The van der Waals surface area contributed by atoms with Crippen molar-refractivity contribution < 1.29 is 14.6 Å². The number of carboxylic acids is 1. The molecule has 0 unspecified atom stereocenters. The number of hydrogen-bond donors (Lipinski definition) is 1. The van der Waals surface area contributed by atoms with Crippen molar-refractivity contribution in [1.29, 1.82) is 0 Å². The van der Waals surface area contributed by atoms with Gasteiger partial charge in [-0.1, -0.05) is 66.2 Å². The molecule has 0 atom stereocenters. The Morgan fingerprint density at radius 1 is 1.14 bits per heavy atom. The van der Waals surface area contributed by atoms with Crippen molar-refractivity contribution in [2.45, 2.75) is 0 Å². The third-order valence-electron chi connectivity index (χ3n) is 3.07. The first kappa shape index (κ1) is 15.9. The van der Waals surface area contributed by atoms with E-state index < -0.39 is 5.97 Å². The number of aliphatic carboxylic acids is 1. The van der Waals surface area contributed by atoms with Crippen molar-refractivity contribution in [3.05, 3.63) is 76.8 Å². The number of carbonyl (C=O) groups is 1. The molecule has 0 bridgehead atoms. The lowest BCUT2D eigenvalue weighted by atomic mass is 10.1. The minimum absolute atomic E-state index is 0.218. The molecule has 22 heavy (non-hydrogen) atoms. The Labute approximate surface area is 134 Å². The standard InChI is InChI=1S/C18H15ClO3/c1-22-16-12-6-10-14(17(16)19)9-5-11-15(18(20)21)13-7-3-2-4-8-13/h2-12H,1H3,(H,20,21)/b9-5+,15-11+. The Kier molecular flexibility index (Phi) is 5.39. The number of methoxy groups -OCH3 is 1. The second-order valence-corrected chi connectivity index (χ2v) is 4.85. The average molecular weight is 315 g/mol. The lowest BCUT2D eigenvalue weighted by Gasteiger charge is -2.04. The van der Waals surface area contributed by atoms with Gasteiger partial charge in [-0.25, -0.2) is 4.79 Å². The maximum atomic E-state index is 11.4. The van der Waals surface area contributed by atoms with Crippen molar-refractivity contribution in [3.63, 3.8) is 0 Å². The molecule has 0 aliphatic heterocycles. The van der Waals surface area contributed by atoms with Crippen molar-refractivity contribution in [2.24, 2.45) is 0 Å². The topological polar surface area (TPSA) is 46.5 Å². The van der Waals surface area contributed by atoms with Gasteiger partial charge in [-0.15, -0.1) is 0 Å². The van der Waals surface area contributed by atoms with Crippen molar-refractivity contribution >= 4 is 29.2 Å². The summed E-state index contributed by atoms with van der Waals surface area (Å²) in [4.78, 5) is 11.4. The molecular weight excluding hydrogens is 300 g/mol. The molecule has 4 heteroatoms. The van der Waals surface area contributed by atoms with Gasteiger partial charge in [0, 0.05) is 0 Å². The summed E-state index contributed by atoms with van der Waals surface area (Å²) in [6.07, 6.45) is 4.96. The van der Waals surface area contributed by atoms with E-state index in [9.17, 15) is 9.90 Å². The molecule has 0 saturated heterocycles. The zero-order chi connectivity index (χ0) is 15.9. The van der Waals surface area contributed by atoms with E-state index in [4.69, 9.17) is 16.3 Å². The van der Waals surface area contributed by atoms with Crippen molar-refractivity contribution in [2.75, 3.05) is 7.11 Å². The zero-order valence-electron chi connectivity index (χ0n) is 12.0. The molecule has 0 aromatic heterocycles. The minimum atomic E-state index is -0.979. The van der Waals surface area contributed by atoms with Crippen molar-refractivity contribution in [3.8, 4) is 5.75 Å². The highest BCUT2D eigenvalue weighted by Crippen LogP contribution is 2.28. The fraction of sp³-hybridized carbons (Fsp3) is 0.0556. The van der Waals surface area contributed by atoms with Crippen LogP contribution in [-0.2, 0) is 4.79 Å². The number of ether oxygens (including phenoxy) is 1. The molecule has 2 rings (SSSR count). The van der Waals surface area contributed by atoms with Gasteiger partial charge in [0.25, 0.3) is 0 Å². The molecule has 2 aromatic carbocycles. The number of benzene rings is 2. The molecule has 0 fully saturated rings. The summed E-state index contributed by atoms with van der Waals surface area (Å²) in [5.74, 6) is -0.401. The van der Waals surface area contributed by atoms with Crippen LogP contribution in [0, 0.1) is 0 Å². The molecular formula is C18H15ClO3. The average Bonchev–Trinajstić information content (AvgIpc) is 2.53. The van der Waals surface area contributed by atoms with Crippen LogP contribution < -0.4 is 4.74 Å². The molecule has 0 heterocycles. The quantitative estimate of drug-likeness (QED) is 0.651. The smallest absolute Gasteiger partial charge is 0.336 e. The number of rotatable bonds is 5. The number of carboxylic acid groups (broad SMARTS) is 1. The van der Waals surface area contributed by atoms with Crippen LogP contribution in [0.5, 0.6) is 5.75 Å². The summed E-state index contributed by atoms with van der Waals surface area (Å²) in [5.41, 5.74) is 1.63. The molecule has 0 radical (unpaired) electrons. The highest BCUT2D eigenvalue weighted by molar-refractivity contribution is 6.33. The van der Waals surface area contributed by atoms with E-state index in [-0.39, 0.29) is 5.57 Å². The van der Waals surface area contributed by atoms with E-state index >= 15 is 0 Å². The van der Waals surface area contributed by atoms with E-state index in [0.717, 1.165) is 5.56 Å². The molecule has 0 spiro atoms. The predicted molar refractivity (Wildman–Crippen MR) is 89.1 cm³/mol. The van der Waals surface area contributed by atoms with Gasteiger partial charge in [0.05, 0.1) is 17.7 Å². The van der Waals surface area contributed by atoms with Crippen LogP contribution in [0.4, 0.5) is 0 Å². The molecule has 2 aromatic rings. The number of allylic oxidation sites excluding steroid dienone is 2. The lowest BCUT2D eigenvalue weighted by molar-refractivity contribution is -0.130. The second-order valence-electron chi connectivity index (χ2n) is 4.47. The van der Waals surface area contributed by atoms with Gasteiger partial charge in [-0.05, 0) is 23.3 Å². The third-order valence-corrected chi connectivity index (χ3v) is 3.47. The first-order valence-corrected chi connectivity index (χ1v) is 7.01. The molecule has 0 aliphatic carbocycles. The highest BCUT2D eigenvalue weighted by Gasteiger charge is 2.08. The van der Waals surface area contributed by atoms with Crippen LogP contribution in [-0.4, -0.2) is 18.2 Å². The van der Waals surface area contributed by atoms with Crippen LogP contribution in [0.15, 0.2) is 60.7 Å². The summed E-state index contributed by atoms with van der Waals surface area (Å²) in [7, 11) is 1.55. The molecule has 3 nitrogen and oxygen atoms in total. The van der Waals surface area contributed by atoms with Crippen molar-refractivity contribution in [1.82, 2.24) is 0 Å². The molecule has 0 saturated carbocycles. The van der Waals surface area contributed by atoms with Crippen LogP contribution >= 0.6 is 11.6 Å². The first-order valence-electron chi connectivity index (χ1n) is 6.63. The lowest BCUT2D eigenvalue weighted by Crippen LogP contribution is -1.98. The van der Waals surface area contributed by atoms with Gasteiger partial charge >= 0.3 is 5.97 Å². The highest BCUT2D eigenvalue weighted by atomic mass is 35.5. The first-order chi connectivity index (χ1) is 10.6. The summed E-state index contributed by atoms with van der Waals surface area (Å²) in [6, 6.07) is 14.4. The third kappa shape index (κ3) is 3.77. The van der Waals surface area contributed by atoms with Gasteiger partial charge in [-0.2, -0.15) is 0 Å². The van der Waals surface area contributed by atoms with E-state index in [1.54, 1.807) is 55.7 Å². The van der Waals surface area contributed by atoms with E-state index in [1.807, 2.05) is 18.2 Å². The Morgan fingerprint density at radius 3 is 2.50 bits per heavy atom. The van der Waals surface area contributed by atoms with Gasteiger partial charge in [0.2, 0.25) is 0 Å². The fourth-order valence-electron chi connectivity index (χ4n) is 1.97. The Morgan fingerprint density at radius 2 is 1.86 bits per heavy atom. The molecule has 0 amide bonds. The fourth-order valence-corrected chi connectivity index (χ4v) is 2.24.